The van der Waals surface area contributed by atoms with Gasteiger partial charge in [-0.15, -0.1) is 0 Å². The summed E-state index contributed by atoms with van der Waals surface area (Å²) in [4.78, 5) is 1.97. The third-order valence-electron chi connectivity index (χ3n) is 2.91. The minimum absolute atomic E-state index is 0.0781. The van der Waals surface area contributed by atoms with E-state index in [1.54, 1.807) is 6.07 Å². The highest BCUT2D eigenvalue weighted by Crippen LogP contribution is 2.35. The van der Waals surface area contributed by atoms with E-state index in [1.165, 1.54) is 37.6 Å². The van der Waals surface area contributed by atoms with Gasteiger partial charge in [0.1, 0.15) is 0 Å². The van der Waals surface area contributed by atoms with Gasteiger partial charge in [0.2, 0.25) is 0 Å². The molecule has 2 aromatic rings. The molecule has 128 valence electrons. The summed E-state index contributed by atoms with van der Waals surface area (Å²) in [6.45, 7) is 0. The Morgan fingerprint density at radius 3 is 2.58 bits per heavy atom. The maximum absolute atomic E-state index is 12.1. The number of nitrogens with zero attached hydrogens (tertiary/aromatic N) is 1. The first-order valence-electron chi connectivity index (χ1n) is 6.31. The Kier molecular flexibility index (Phi) is 5.97. The zero-order valence-electron chi connectivity index (χ0n) is 12.1. The van der Waals surface area contributed by atoms with E-state index in [0.717, 1.165) is 0 Å². The van der Waals surface area contributed by atoms with Crippen molar-refractivity contribution in [1.29, 1.82) is 0 Å². The van der Waals surface area contributed by atoms with Gasteiger partial charge in [-0.05, 0) is 46.3 Å². The molecule has 0 aromatic heterocycles. The maximum Gasteiger partial charge on any atom is 0.276 e. The number of aromatic hydroxyl groups is 1. The Hall–Kier alpha value is -1.48. The zero-order chi connectivity index (χ0) is 17.9. The number of ether oxygens (including phenoxy) is 1. The lowest BCUT2D eigenvalue weighted by Crippen LogP contribution is -2.18. The van der Waals surface area contributed by atoms with Crippen LogP contribution in [0.5, 0.6) is 11.5 Å². The fourth-order valence-electron chi connectivity index (χ4n) is 1.69. The van der Waals surface area contributed by atoms with Crippen molar-refractivity contribution in [2.45, 2.75) is 4.90 Å². The number of hydrazone groups is 1. The Labute approximate surface area is 157 Å². The summed E-state index contributed by atoms with van der Waals surface area (Å²) in [5, 5.41) is 13.9. The first-order valence-corrected chi connectivity index (χ1v) is 9.35. The average Bonchev–Trinajstić information content (AvgIpc) is 2.54. The van der Waals surface area contributed by atoms with E-state index in [9.17, 15) is 13.5 Å². The van der Waals surface area contributed by atoms with Gasteiger partial charge in [-0.1, -0.05) is 23.2 Å². The molecule has 0 amide bonds. The number of sulfonamides is 1. The second-order valence-electron chi connectivity index (χ2n) is 4.45. The van der Waals surface area contributed by atoms with Crippen LogP contribution < -0.4 is 9.57 Å². The van der Waals surface area contributed by atoms with Crippen molar-refractivity contribution in [3.63, 3.8) is 0 Å². The lowest BCUT2D eigenvalue weighted by Gasteiger charge is -2.07. The fourth-order valence-corrected chi connectivity index (χ4v) is 3.30. The highest BCUT2D eigenvalue weighted by atomic mass is 79.9. The smallest absolute Gasteiger partial charge is 0.276 e. The molecule has 0 unspecified atom stereocenters. The molecule has 6 nitrogen and oxygen atoms in total. The summed E-state index contributed by atoms with van der Waals surface area (Å²) >= 11 is 14.7. The third kappa shape index (κ3) is 4.13. The summed E-state index contributed by atoms with van der Waals surface area (Å²) < 4.78 is 29.5. The van der Waals surface area contributed by atoms with Gasteiger partial charge in [-0.3, -0.25) is 0 Å². The second-order valence-corrected chi connectivity index (χ2v) is 7.72. The van der Waals surface area contributed by atoms with Crippen LogP contribution >= 0.6 is 39.1 Å². The Bertz CT molecular complexity index is 904. The van der Waals surface area contributed by atoms with E-state index in [1.807, 2.05) is 0 Å². The topological polar surface area (TPSA) is 88.0 Å². The van der Waals surface area contributed by atoms with E-state index in [4.69, 9.17) is 27.9 Å². The molecular weight excluding hydrogens is 443 g/mol. The molecule has 24 heavy (non-hydrogen) atoms. The minimum atomic E-state index is -3.90. The summed E-state index contributed by atoms with van der Waals surface area (Å²) in [7, 11) is -2.48. The molecule has 2 N–H and O–H groups in total. The molecule has 0 spiro atoms. The Balaban J connectivity index is 2.22. The molecule has 0 saturated carbocycles. The molecule has 0 bridgehead atoms. The summed E-state index contributed by atoms with van der Waals surface area (Å²) in [6.07, 6.45) is 1.23. The van der Waals surface area contributed by atoms with Crippen LogP contribution in [-0.2, 0) is 10.0 Å². The number of hydrogen-bond acceptors (Lipinski definition) is 5. The number of methoxy groups -OCH3 is 1. The third-order valence-corrected chi connectivity index (χ3v) is 5.70. The minimum Gasteiger partial charge on any atom is -0.503 e. The van der Waals surface area contributed by atoms with Crippen molar-refractivity contribution >= 4 is 55.4 Å². The molecule has 0 saturated heterocycles. The largest absolute Gasteiger partial charge is 0.503 e. The van der Waals surface area contributed by atoms with Gasteiger partial charge in [0.15, 0.2) is 11.5 Å². The molecule has 0 aliphatic carbocycles. The van der Waals surface area contributed by atoms with E-state index in [-0.39, 0.29) is 26.4 Å². The van der Waals surface area contributed by atoms with Crippen LogP contribution in [-0.4, -0.2) is 26.8 Å². The van der Waals surface area contributed by atoms with Crippen molar-refractivity contribution in [3.05, 3.63) is 50.4 Å². The van der Waals surface area contributed by atoms with Crippen LogP contribution in [0, 0.1) is 0 Å². The van der Waals surface area contributed by atoms with Crippen molar-refractivity contribution in [3.8, 4) is 11.5 Å². The Morgan fingerprint density at radius 2 is 1.96 bits per heavy atom. The summed E-state index contributed by atoms with van der Waals surface area (Å²) in [6, 6.07) is 7.02. The molecule has 2 aromatic carbocycles. The van der Waals surface area contributed by atoms with Crippen LogP contribution in [0.15, 0.2) is 44.8 Å². The van der Waals surface area contributed by atoms with Crippen molar-refractivity contribution in [2.24, 2.45) is 5.10 Å². The molecule has 2 rings (SSSR count). The number of nitrogens with one attached hydrogen (secondary N) is 1. The summed E-state index contributed by atoms with van der Waals surface area (Å²) in [5.74, 6) is 0.157. The zero-order valence-corrected chi connectivity index (χ0v) is 16.0. The van der Waals surface area contributed by atoms with E-state index >= 15 is 0 Å². The molecule has 0 fully saturated rings. The first kappa shape index (κ1) is 18.9. The molecular formula is C14H11BrCl2N2O4S. The van der Waals surface area contributed by atoms with Gasteiger partial charge in [-0.25, -0.2) is 4.83 Å². The van der Waals surface area contributed by atoms with Gasteiger partial charge in [-0.2, -0.15) is 13.5 Å². The maximum atomic E-state index is 12.1. The standard InChI is InChI=1S/C14H11BrCl2N2O4S/c1-23-12-5-2-8(13(15)14(12)20)7-18-19-24(21,22)9-3-4-10(16)11(17)6-9/h2-7,19-20H,1H3/b18-7+. The van der Waals surface area contributed by atoms with Crippen LogP contribution in [0.25, 0.3) is 0 Å². The molecule has 0 heterocycles. The molecule has 10 heteroatoms. The lowest BCUT2D eigenvalue weighted by atomic mass is 10.2. The molecule has 0 aliphatic rings. The monoisotopic (exact) mass is 452 g/mol. The van der Waals surface area contributed by atoms with Crippen molar-refractivity contribution in [1.82, 2.24) is 4.83 Å². The quantitative estimate of drug-likeness (QED) is 0.532. The van der Waals surface area contributed by atoms with Gasteiger partial charge in [0.25, 0.3) is 10.0 Å². The molecule has 0 aliphatic heterocycles. The second kappa shape index (κ2) is 7.60. The fraction of sp³-hybridized carbons (Fsp3) is 0.0714. The normalized spacial score (nSPS) is 11.7. The Morgan fingerprint density at radius 1 is 1.25 bits per heavy atom. The molecule has 0 radical (unpaired) electrons. The van der Waals surface area contributed by atoms with Gasteiger partial charge >= 0.3 is 0 Å². The number of phenolic OH excluding ortho intramolecular Hbond substituents is 1. The van der Waals surface area contributed by atoms with Crippen LogP contribution in [0.2, 0.25) is 10.0 Å². The molecule has 0 atom stereocenters. The van der Waals surface area contributed by atoms with Crippen molar-refractivity contribution in [2.75, 3.05) is 7.11 Å². The van der Waals surface area contributed by atoms with Gasteiger partial charge in [0.05, 0.1) is 32.7 Å². The summed E-state index contributed by atoms with van der Waals surface area (Å²) in [5.41, 5.74) is 0.449. The van der Waals surface area contributed by atoms with E-state index in [2.05, 4.69) is 25.9 Å². The number of phenols is 1. The van der Waals surface area contributed by atoms with Crippen LogP contribution in [0.1, 0.15) is 5.56 Å². The number of halogens is 3. The predicted octanol–water partition coefficient (Wildman–Crippen LogP) is 3.78. The van der Waals surface area contributed by atoms with Gasteiger partial charge < -0.3 is 9.84 Å². The van der Waals surface area contributed by atoms with Gasteiger partial charge in [0, 0.05) is 5.56 Å². The first-order chi connectivity index (χ1) is 11.3. The van der Waals surface area contributed by atoms with E-state index in [0.29, 0.717) is 10.0 Å². The van der Waals surface area contributed by atoms with Crippen LogP contribution in [0.4, 0.5) is 0 Å². The number of benzene rings is 2. The van der Waals surface area contributed by atoms with Crippen molar-refractivity contribution < 1.29 is 18.3 Å². The number of hydrogen-bond donors (Lipinski definition) is 2. The SMILES string of the molecule is COc1ccc(/C=N/NS(=O)(=O)c2ccc(Cl)c(Cl)c2)c(Br)c1O. The predicted molar refractivity (Wildman–Crippen MR) is 96.7 cm³/mol. The highest BCUT2D eigenvalue weighted by molar-refractivity contribution is 9.10. The average molecular weight is 454 g/mol. The van der Waals surface area contributed by atoms with E-state index < -0.39 is 10.0 Å². The highest BCUT2D eigenvalue weighted by Gasteiger charge is 2.15. The lowest BCUT2D eigenvalue weighted by molar-refractivity contribution is 0.372. The van der Waals surface area contributed by atoms with Crippen LogP contribution in [0.3, 0.4) is 0 Å². The number of rotatable bonds is 5.